The fourth-order valence-corrected chi connectivity index (χ4v) is 2.66. The molecule has 0 saturated carbocycles. The Balaban J connectivity index is 0.000000141. The van der Waals surface area contributed by atoms with Crippen molar-refractivity contribution in [3.63, 3.8) is 0 Å². The van der Waals surface area contributed by atoms with Gasteiger partial charge in [-0.3, -0.25) is 0 Å². The number of nitrogens with one attached hydrogen (secondary N) is 1. The average Bonchev–Trinajstić information content (AvgIpc) is 2.39. The Morgan fingerprint density at radius 2 is 1.79 bits per heavy atom. The molecule has 0 aromatic heterocycles. The Morgan fingerprint density at radius 3 is 2.16 bits per heavy atom. The highest BCUT2D eigenvalue weighted by Crippen LogP contribution is 2.33. The van der Waals surface area contributed by atoms with Gasteiger partial charge < -0.3 is 14.6 Å². The monoisotopic (exact) mass is 283 g/mol. The lowest BCUT2D eigenvalue weighted by Crippen LogP contribution is -2.55. The second kappa shape index (κ2) is 6.61. The van der Waals surface area contributed by atoms with Crippen LogP contribution in [0.3, 0.4) is 0 Å². The molecule has 1 atom stereocenters. The highest BCUT2D eigenvalue weighted by atomic mass is 32.2. The number of aryl methyl sites for hydroxylation is 1. The zero-order valence-corrected chi connectivity index (χ0v) is 12.0. The fourth-order valence-electron chi connectivity index (χ4n) is 2.29. The van der Waals surface area contributed by atoms with Gasteiger partial charge in [-0.2, -0.15) is 0 Å². The molecule has 3 rings (SSSR count). The first-order valence-electron chi connectivity index (χ1n) is 6.57. The smallest absolute Gasteiger partial charge is 0.186 e. The third-order valence-electron chi connectivity index (χ3n) is 3.78. The van der Waals surface area contributed by atoms with E-state index in [2.05, 4.69) is 5.32 Å². The Kier molecular flexibility index (Phi) is 5.10. The van der Waals surface area contributed by atoms with Crippen LogP contribution in [-0.4, -0.2) is 35.1 Å². The minimum atomic E-state index is -1.84. The van der Waals surface area contributed by atoms with E-state index >= 15 is 0 Å². The third-order valence-corrected chi connectivity index (χ3v) is 4.45. The molecule has 2 saturated heterocycles. The number of rotatable bonds is 1. The lowest BCUT2D eigenvalue weighted by Gasteiger charge is -2.45. The second-order valence-corrected chi connectivity index (χ2v) is 6.25. The van der Waals surface area contributed by atoms with Crippen LogP contribution in [0.15, 0.2) is 29.2 Å². The van der Waals surface area contributed by atoms with Crippen LogP contribution >= 0.6 is 0 Å². The Bertz CT molecular complexity index is 421. The van der Waals surface area contributed by atoms with Gasteiger partial charge in [0.05, 0.1) is 4.90 Å². The molecule has 2 N–H and O–H groups in total. The van der Waals surface area contributed by atoms with Crippen LogP contribution < -0.4 is 5.32 Å². The number of ether oxygens (including phenoxy) is 1. The van der Waals surface area contributed by atoms with Gasteiger partial charge in [-0.25, -0.2) is 4.21 Å². The highest BCUT2D eigenvalue weighted by Gasteiger charge is 2.37. The third kappa shape index (κ3) is 4.11. The summed E-state index contributed by atoms with van der Waals surface area (Å²) >= 11 is -1.84. The summed E-state index contributed by atoms with van der Waals surface area (Å²) in [6, 6.07) is 6.91. The zero-order valence-electron chi connectivity index (χ0n) is 11.2. The van der Waals surface area contributed by atoms with Crippen LogP contribution in [0.5, 0.6) is 0 Å². The molecule has 0 aliphatic carbocycles. The standard InChI is InChI=1S/C7H13NO.C7H8O2S/c1-3-9-4-2-7(1)5-8-6-7;1-6-2-4-7(5-3-6)10(8)9/h8H,1-6H2;2-5H,1H3,(H,8,9). The quantitative estimate of drug-likeness (QED) is 0.774. The number of benzene rings is 1. The summed E-state index contributed by atoms with van der Waals surface area (Å²) in [5.41, 5.74) is 1.76. The first kappa shape index (κ1) is 14.7. The summed E-state index contributed by atoms with van der Waals surface area (Å²) in [6.45, 7) is 6.38. The molecule has 106 valence electrons. The van der Waals surface area contributed by atoms with Crippen molar-refractivity contribution in [1.29, 1.82) is 0 Å². The summed E-state index contributed by atoms with van der Waals surface area (Å²) in [5, 5.41) is 3.32. The molecule has 2 fully saturated rings. The molecular formula is C14H21NO3S. The van der Waals surface area contributed by atoms with Gasteiger partial charge in [0.25, 0.3) is 0 Å². The largest absolute Gasteiger partial charge is 0.381 e. The number of hydrogen-bond acceptors (Lipinski definition) is 3. The molecule has 1 spiro atoms. The van der Waals surface area contributed by atoms with Gasteiger partial charge in [0.1, 0.15) is 0 Å². The molecule has 0 amide bonds. The van der Waals surface area contributed by atoms with E-state index in [1.807, 2.05) is 19.1 Å². The van der Waals surface area contributed by atoms with Crippen LogP contribution in [0.25, 0.3) is 0 Å². The molecule has 5 heteroatoms. The van der Waals surface area contributed by atoms with E-state index in [4.69, 9.17) is 9.29 Å². The summed E-state index contributed by atoms with van der Waals surface area (Å²) in [7, 11) is 0. The van der Waals surface area contributed by atoms with Crippen molar-refractivity contribution in [2.24, 2.45) is 5.41 Å². The summed E-state index contributed by atoms with van der Waals surface area (Å²) in [4.78, 5) is 0.450. The molecule has 0 radical (unpaired) electrons. The zero-order chi connectivity index (χ0) is 13.7. The molecular weight excluding hydrogens is 262 g/mol. The maximum Gasteiger partial charge on any atom is 0.186 e. The average molecular weight is 283 g/mol. The molecule has 1 aromatic rings. The molecule has 2 aliphatic heterocycles. The second-order valence-electron chi connectivity index (χ2n) is 5.28. The predicted molar refractivity (Wildman–Crippen MR) is 75.6 cm³/mol. The van der Waals surface area contributed by atoms with Crippen molar-refractivity contribution in [2.75, 3.05) is 26.3 Å². The van der Waals surface area contributed by atoms with Crippen molar-refractivity contribution in [2.45, 2.75) is 24.7 Å². The van der Waals surface area contributed by atoms with E-state index in [0.717, 1.165) is 18.8 Å². The van der Waals surface area contributed by atoms with Crippen molar-refractivity contribution in [1.82, 2.24) is 5.32 Å². The molecule has 19 heavy (non-hydrogen) atoms. The highest BCUT2D eigenvalue weighted by molar-refractivity contribution is 7.79. The Hall–Kier alpha value is -0.750. The van der Waals surface area contributed by atoms with Crippen LogP contribution in [0.2, 0.25) is 0 Å². The molecule has 1 unspecified atom stereocenters. The van der Waals surface area contributed by atoms with E-state index in [1.165, 1.54) is 25.9 Å². The van der Waals surface area contributed by atoms with Crippen LogP contribution in [0.1, 0.15) is 18.4 Å². The first-order chi connectivity index (χ1) is 9.11. The topological polar surface area (TPSA) is 58.6 Å². The summed E-state index contributed by atoms with van der Waals surface area (Å²) < 4.78 is 24.3. The van der Waals surface area contributed by atoms with Gasteiger partial charge in [-0.15, -0.1) is 0 Å². The van der Waals surface area contributed by atoms with E-state index in [-0.39, 0.29) is 0 Å². The fraction of sp³-hybridized carbons (Fsp3) is 0.571. The van der Waals surface area contributed by atoms with Gasteiger partial charge in [0.15, 0.2) is 11.1 Å². The van der Waals surface area contributed by atoms with Crippen molar-refractivity contribution >= 4 is 11.1 Å². The van der Waals surface area contributed by atoms with E-state index in [1.54, 1.807) is 12.1 Å². The molecule has 4 nitrogen and oxygen atoms in total. The van der Waals surface area contributed by atoms with Crippen molar-refractivity contribution in [3.8, 4) is 0 Å². The van der Waals surface area contributed by atoms with Gasteiger partial charge in [0.2, 0.25) is 0 Å². The van der Waals surface area contributed by atoms with Crippen LogP contribution in [0, 0.1) is 12.3 Å². The number of hydrogen-bond donors (Lipinski definition) is 2. The summed E-state index contributed by atoms with van der Waals surface area (Å²) in [5.74, 6) is 0. The Morgan fingerprint density at radius 1 is 1.21 bits per heavy atom. The van der Waals surface area contributed by atoms with Gasteiger partial charge in [-0.1, -0.05) is 17.7 Å². The van der Waals surface area contributed by atoms with E-state index in [0.29, 0.717) is 10.3 Å². The van der Waals surface area contributed by atoms with Crippen molar-refractivity contribution in [3.05, 3.63) is 29.8 Å². The van der Waals surface area contributed by atoms with E-state index < -0.39 is 11.1 Å². The maximum absolute atomic E-state index is 10.4. The van der Waals surface area contributed by atoms with Gasteiger partial charge >= 0.3 is 0 Å². The summed E-state index contributed by atoms with van der Waals surface area (Å²) in [6.07, 6.45) is 2.56. The normalized spacial score (nSPS) is 22.0. The molecule has 1 aromatic carbocycles. The minimum absolute atomic E-state index is 0.450. The maximum atomic E-state index is 10.4. The molecule has 2 heterocycles. The minimum Gasteiger partial charge on any atom is -0.381 e. The lowest BCUT2D eigenvalue weighted by atomic mass is 9.75. The van der Waals surface area contributed by atoms with E-state index in [9.17, 15) is 4.21 Å². The van der Waals surface area contributed by atoms with Gasteiger partial charge in [0, 0.05) is 26.3 Å². The van der Waals surface area contributed by atoms with Gasteiger partial charge in [-0.05, 0) is 37.3 Å². The molecule has 0 bridgehead atoms. The first-order valence-corrected chi connectivity index (χ1v) is 7.68. The SMILES string of the molecule is C1CC2(CCO1)CNC2.Cc1ccc(S(=O)O)cc1. The molecule has 2 aliphatic rings. The predicted octanol–water partition coefficient (Wildman–Crippen LogP) is 1.96. The lowest BCUT2D eigenvalue weighted by molar-refractivity contribution is -0.0130. The van der Waals surface area contributed by atoms with Crippen LogP contribution in [-0.2, 0) is 15.8 Å². The Labute approximate surface area is 116 Å². The van der Waals surface area contributed by atoms with Crippen LogP contribution in [0.4, 0.5) is 0 Å². The van der Waals surface area contributed by atoms with Crippen molar-refractivity contribution < 1.29 is 13.5 Å².